The number of halogens is 1. The quantitative estimate of drug-likeness (QED) is 0.716. The summed E-state index contributed by atoms with van der Waals surface area (Å²) in [7, 11) is 1.66. The van der Waals surface area contributed by atoms with E-state index in [9.17, 15) is 4.39 Å². The van der Waals surface area contributed by atoms with Gasteiger partial charge < -0.3 is 5.11 Å². The van der Waals surface area contributed by atoms with Crippen LogP contribution >= 0.6 is 0 Å². The molecule has 0 aliphatic carbocycles. The van der Waals surface area contributed by atoms with Crippen LogP contribution in [-0.4, -0.2) is 14.9 Å². The van der Waals surface area contributed by atoms with E-state index in [0.29, 0.717) is 16.6 Å². The standard InChI is InChI=1S/C9H9FN2O/c1-12-9-6(8(5-13)11-12)3-2-4-7(9)10/h2-4,13H,5H2,1H3. The Morgan fingerprint density at radius 2 is 2.31 bits per heavy atom. The van der Waals surface area contributed by atoms with Crippen LogP contribution in [0.15, 0.2) is 18.2 Å². The SMILES string of the molecule is Cn1nc(CO)c2cccc(F)c21. The number of benzene rings is 1. The molecule has 1 heterocycles. The smallest absolute Gasteiger partial charge is 0.149 e. The van der Waals surface area contributed by atoms with Gasteiger partial charge in [-0.05, 0) is 6.07 Å². The van der Waals surface area contributed by atoms with E-state index in [2.05, 4.69) is 5.10 Å². The van der Waals surface area contributed by atoms with Crippen molar-refractivity contribution in [3.63, 3.8) is 0 Å². The molecule has 13 heavy (non-hydrogen) atoms. The second kappa shape index (κ2) is 2.81. The van der Waals surface area contributed by atoms with Crippen molar-refractivity contribution in [3.8, 4) is 0 Å². The van der Waals surface area contributed by atoms with Crippen molar-refractivity contribution in [1.82, 2.24) is 9.78 Å². The Labute approximate surface area is 74.4 Å². The fourth-order valence-corrected chi connectivity index (χ4v) is 1.48. The Kier molecular flexibility index (Phi) is 1.77. The number of hydrogen-bond donors (Lipinski definition) is 1. The molecular weight excluding hydrogens is 171 g/mol. The normalized spacial score (nSPS) is 11.0. The van der Waals surface area contributed by atoms with Crippen molar-refractivity contribution >= 4 is 10.9 Å². The lowest BCUT2D eigenvalue weighted by molar-refractivity contribution is 0.277. The van der Waals surface area contributed by atoms with Gasteiger partial charge in [0.25, 0.3) is 0 Å². The Balaban J connectivity index is 2.87. The number of hydrogen-bond acceptors (Lipinski definition) is 2. The summed E-state index contributed by atoms with van der Waals surface area (Å²) in [5.41, 5.74) is 0.948. The lowest BCUT2D eigenvalue weighted by atomic mass is 10.2. The van der Waals surface area contributed by atoms with Crippen molar-refractivity contribution < 1.29 is 9.50 Å². The van der Waals surface area contributed by atoms with Crippen LogP contribution in [0.3, 0.4) is 0 Å². The molecule has 0 saturated carbocycles. The Morgan fingerprint density at radius 3 is 3.00 bits per heavy atom. The van der Waals surface area contributed by atoms with Gasteiger partial charge >= 0.3 is 0 Å². The fourth-order valence-electron chi connectivity index (χ4n) is 1.48. The van der Waals surface area contributed by atoms with Crippen LogP contribution < -0.4 is 0 Å². The second-order valence-electron chi connectivity index (χ2n) is 2.86. The molecule has 0 saturated heterocycles. The molecule has 0 spiro atoms. The zero-order chi connectivity index (χ0) is 9.42. The van der Waals surface area contributed by atoms with E-state index in [1.165, 1.54) is 10.7 Å². The van der Waals surface area contributed by atoms with Crippen molar-refractivity contribution in [1.29, 1.82) is 0 Å². The molecule has 3 nitrogen and oxygen atoms in total. The molecule has 4 heteroatoms. The summed E-state index contributed by atoms with van der Waals surface area (Å²) in [6.07, 6.45) is 0. The van der Waals surface area contributed by atoms with Crippen LogP contribution in [0.1, 0.15) is 5.69 Å². The van der Waals surface area contributed by atoms with E-state index in [0.717, 1.165) is 0 Å². The first-order chi connectivity index (χ1) is 6.24. The van der Waals surface area contributed by atoms with Gasteiger partial charge in [-0.3, -0.25) is 4.68 Å². The van der Waals surface area contributed by atoms with Crippen molar-refractivity contribution in [2.45, 2.75) is 6.61 Å². The summed E-state index contributed by atoms with van der Waals surface area (Å²) in [6.45, 7) is -0.166. The molecule has 68 valence electrons. The number of aliphatic hydroxyl groups is 1. The maximum absolute atomic E-state index is 13.3. The van der Waals surface area contributed by atoms with Gasteiger partial charge in [0.2, 0.25) is 0 Å². The number of nitrogens with zero attached hydrogens (tertiary/aromatic N) is 2. The van der Waals surface area contributed by atoms with E-state index in [1.54, 1.807) is 19.2 Å². The Hall–Kier alpha value is -1.42. The first-order valence-electron chi connectivity index (χ1n) is 3.95. The summed E-state index contributed by atoms with van der Waals surface area (Å²) in [5, 5.41) is 13.6. The van der Waals surface area contributed by atoms with Gasteiger partial charge in [0.05, 0.1) is 12.3 Å². The van der Waals surface area contributed by atoms with Crippen molar-refractivity contribution in [2.24, 2.45) is 7.05 Å². The van der Waals surface area contributed by atoms with Crippen LogP contribution in [0, 0.1) is 5.82 Å². The minimum absolute atomic E-state index is 0.166. The minimum atomic E-state index is -0.313. The van der Waals surface area contributed by atoms with Crippen molar-refractivity contribution in [2.75, 3.05) is 0 Å². The number of fused-ring (bicyclic) bond motifs is 1. The second-order valence-corrected chi connectivity index (χ2v) is 2.86. The van der Waals surface area contributed by atoms with E-state index >= 15 is 0 Å². The van der Waals surface area contributed by atoms with E-state index < -0.39 is 0 Å². The molecule has 2 aromatic rings. The van der Waals surface area contributed by atoms with Crippen LogP contribution in [0.5, 0.6) is 0 Å². The highest BCUT2D eigenvalue weighted by Gasteiger charge is 2.10. The zero-order valence-corrected chi connectivity index (χ0v) is 7.16. The zero-order valence-electron chi connectivity index (χ0n) is 7.16. The monoisotopic (exact) mass is 180 g/mol. The molecule has 0 amide bonds. The number of aromatic nitrogens is 2. The topological polar surface area (TPSA) is 38.0 Å². The van der Waals surface area contributed by atoms with Gasteiger partial charge in [-0.2, -0.15) is 5.10 Å². The van der Waals surface area contributed by atoms with Crippen LogP contribution in [-0.2, 0) is 13.7 Å². The number of aliphatic hydroxyl groups excluding tert-OH is 1. The van der Waals surface area contributed by atoms with Crippen molar-refractivity contribution in [3.05, 3.63) is 29.7 Å². The van der Waals surface area contributed by atoms with Gasteiger partial charge in [-0.1, -0.05) is 12.1 Å². The lowest BCUT2D eigenvalue weighted by Crippen LogP contribution is -1.92. The highest BCUT2D eigenvalue weighted by atomic mass is 19.1. The first kappa shape index (κ1) is 8.19. The summed E-state index contributed by atoms with van der Waals surface area (Å²) in [5.74, 6) is -0.313. The predicted octanol–water partition coefficient (Wildman–Crippen LogP) is 1.20. The molecule has 1 N–H and O–H groups in total. The van der Waals surface area contributed by atoms with E-state index in [1.807, 2.05) is 0 Å². The molecule has 0 radical (unpaired) electrons. The minimum Gasteiger partial charge on any atom is -0.390 e. The number of rotatable bonds is 1. The van der Waals surface area contributed by atoms with Gasteiger partial charge in [0, 0.05) is 12.4 Å². The molecule has 0 fully saturated rings. The predicted molar refractivity (Wildman–Crippen MR) is 46.6 cm³/mol. The molecule has 1 aromatic carbocycles. The van der Waals surface area contributed by atoms with Gasteiger partial charge in [-0.25, -0.2) is 4.39 Å². The molecule has 2 rings (SSSR count). The summed E-state index contributed by atoms with van der Waals surface area (Å²) < 4.78 is 14.7. The van der Waals surface area contributed by atoms with Gasteiger partial charge in [-0.15, -0.1) is 0 Å². The third-order valence-corrected chi connectivity index (χ3v) is 2.04. The molecule has 0 atom stereocenters. The lowest BCUT2D eigenvalue weighted by Gasteiger charge is -1.94. The largest absolute Gasteiger partial charge is 0.390 e. The molecule has 1 aromatic heterocycles. The maximum Gasteiger partial charge on any atom is 0.149 e. The van der Waals surface area contributed by atoms with Crippen LogP contribution in [0.25, 0.3) is 10.9 Å². The maximum atomic E-state index is 13.3. The third-order valence-electron chi connectivity index (χ3n) is 2.04. The highest BCUT2D eigenvalue weighted by Crippen LogP contribution is 2.20. The van der Waals surface area contributed by atoms with E-state index in [-0.39, 0.29) is 12.4 Å². The highest BCUT2D eigenvalue weighted by molar-refractivity contribution is 5.82. The van der Waals surface area contributed by atoms with Gasteiger partial charge in [0.15, 0.2) is 0 Å². The van der Waals surface area contributed by atoms with Crippen LogP contribution in [0.2, 0.25) is 0 Å². The first-order valence-corrected chi connectivity index (χ1v) is 3.95. The summed E-state index contributed by atoms with van der Waals surface area (Å²) >= 11 is 0. The molecule has 0 unspecified atom stereocenters. The molecule has 0 aliphatic heterocycles. The average molecular weight is 180 g/mol. The fraction of sp³-hybridized carbons (Fsp3) is 0.222. The van der Waals surface area contributed by atoms with Crippen LogP contribution in [0.4, 0.5) is 4.39 Å². The summed E-state index contributed by atoms with van der Waals surface area (Å²) in [6, 6.07) is 4.74. The molecule has 0 aliphatic rings. The molecule has 0 bridgehead atoms. The summed E-state index contributed by atoms with van der Waals surface area (Å²) in [4.78, 5) is 0. The number of aryl methyl sites for hydroxylation is 1. The van der Waals surface area contributed by atoms with Gasteiger partial charge in [0.1, 0.15) is 11.3 Å². The van der Waals surface area contributed by atoms with E-state index in [4.69, 9.17) is 5.11 Å². The Bertz CT molecular complexity index is 450. The third kappa shape index (κ3) is 1.10. The number of para-hydroxylation sites is 1. The average Bonchev–Trinajstić information content (AvgIpc) is 2.44. The Morgan fingerprint density at radius 1 is 1.54 bits per heavy atom. The molecular formula is C9H9FN2O.